The van der Waals surface area contributed by atoms with Gasteiger partial charge in [-0.3, -0.25) is 0 Å². The van der Waals surface area contributed by atoms with Crippen LogP contribution >= 0.6 is 0 Å². The highest BCUT2D eigenvalue weighted by Gasteiger charge is 1.92. The van der Waals surface area contributed by atoms with Crippen molar-refractivity contribution in [3.05, 3.63) is 12.3 Å². The fourth-order valence-corrected chi connectivity index (χ4v) is 0.820. The van der Waals surface area contributed by atoms with Crippen LogP contribution in [0.1, 0.15) is 12.8 Å². The van der Waals surface area contributed by atoms with E-state index in [1.807, 2.05) is 7.05 Å². The van der Waals surface area contributed by atoms with Crippen molar-refractivity contribution in [1.82, 2.24) is 10.2 Å². The van der Waals surface area contributed by atoms with Gasteiger partial charge in [-0.15, -0.1) is 0 Å². The number of nitrogens with zero attached hydrogens (tertiary/aromatic N) is 2. The molecule has 0 radical (unpaired) electrons. The summed E-state index contributed by atoms with van der Waals surface area (Å²) in [6.45, 7) is 4.92. The zero-order chi connectivity index (χ0) is 9.40. The molecule has 0 amide bonds. The fraction of sp³-hybridized carbons (Fsp3) is 0.667. The van der Waals surface area contributed by atoms with E-state index in [-0.39, 0.29) is 0 Å². The minimum Gasteiger partial charge on any atom is -0.379 e. The maximum absolute atomic E-state index is 4.09. The summed E-state index contributed by atoms with van der Waals surface area (Å²) in [4.78, 5) is 6.25. The molecule has 0 unspecified atom stereocenters. The van der Waals surface area contributed by atoms with Crippen LogP contribution in [0.4, 0.5) is 0 Å². The molecule has 3 nitrogen and oxygen atoms in total. The molecule has 0 saturated carbocycles. The van der Waals surface area contributed by atoms with Gasteiger partial charge >= 0.3 is 0 Å². The Balaban J connectivity index is 3.38. The van der Waals surface area contributed by atoms with Gasteiger partial charge in [0, 0.05) is 12.7 Å². The van der Waals surface area contributed by atoms with E-state index in [4.69, 9.17) is 0 Å². The van der Waals surface area contributed by atoms with Gasteiger partial charge in [0.25, 0.3) is 0 Å². The first kappa shape index (κ1) is 11.2. The normalized spacial score (nSPS) is 11.0. The van der Waals surface area contributed by atoms with Crippen molar-refractivity contribution in [2.45, 2.75) is 12.8 Å². The Kier molecular flexibility index (Phi) is 6.38. The molecule has 0 aromatic heterocycles. The first-order valence-electron chi connectivity index (χ1n) is 4.19. The summed E-state index contributed by atoms with van der Waals surface area (Å²) < 4.78 is 0. The smallest absolute Gasteiger partial charge is 0.0879 e. The minimum atomic E-state index is 0.936. The van der Waals surface area contributed by atoms with Crippen LogP contribution in [-0.2, 0) is 0 Å². The number of allylic oxidation sites excluding steroid dienone is 1. The molecule has 0 aromatic carbocycles. The van der Waals surface area contributed by atoms with Crippen molar-refractivity contribution < 1.29 is 0 Å². The van der Waals surface area contributed by atoms with Crippen molar-refractivity contribution in [2.75, 3.05) is 27.7 Å². The Bertz CT molecular complexity index is 150. The van der Waals surface area contributed by atoms with E-state index >= 15 is 0 Å². The molecule has 0 heterocycles. The Morgan fingerprint density at radius 2 is 2.25 bits per heavy atom. The Hall–Kier alpha value is -0.830. The van der Waals surface area contributed by atoms with E-state index in [9.17, 15) is 0 Å². The van der Waals surface area contributed by atoms with Crippen LogP contribution in [-0.4, -0.2) is 38.9 Å². The van der Waals surface area contributed by atoms with Gasteiger partial charge < -0.3 is 10.2 Å². The summed E-state index contributed by atoms with van der Waals surface area (Å²) in [7, 11) is 5.97. The van der Waals surface area contributed by atoms with Crippen molar-refractivity contribution in [1.29, 1.82) is 0 Å². The maximum atomic E-state index is 4.09. The van der Waals surface area contributed by atoms with E-state index in [2.05, 4.69) is 35.9 Å². The van der Waals surface area contributed by atoms with Crippen LogP contribution in [0.15, 0.2) is 17.3 Å². The summed E-state index contributed by atoms with van der Waals surface area (Å²) in [5.74, 6) is 0. The van der Waals surface area contributed by atoms with Crippen LogP contribution in [0, 0.1) is 0 Å². The van der Waals surface area contributed by atoms with Crippen LogP contribution < -0.4 is 5.32 Å². The lowest BCUT2D eigenvalue weighted by Gasteiger charge is -2.08. The van der Waals surface area contributed by atoms with Gasteiger partial charge in [-0.05, 0) is 33.5 Å². The second kappa shape index (κ2) is 6.85. The molecule has 0 fully saturated rings. The van der Waals surface area contributed by atoms with Crippen molar-refractivity contribution in [3.63, 3.8) is 0 Å². The second-order valence-electron chi connectivity index (χ2n) is 3.02. The van der Waals surface area contributed by atoms with Crippen LogP contribution in [0.25, 0.3) is 0 Å². The van der Waals surface area contributed by atoms with Crippen molar-refractivity contribution >= 4 is 6.34 Å². The van der Waals surface area contributed by atoms with E-state index in [0.29, 0.717) is 0 Å². The number of aliphatic imine (C=N–C) groups is 1. The molecule has 0 atom stereocenters. The summed E-state index contributed by atoms with van der Waals surface area (Å²) >= 11 is 0. The topological polar surface area (TPSA) is 27.6 Å². The Labute approximate surface area is 75.2 Å². The zero-order valence-electron chi connectivity index (χ0n) is 8.30. The molecule has 0 spiro atoms. The molecule has 0 saturated heterocycles. The first-order valence-corrected chi connectivity index (χ1v) is 4.19. The number of hydrogen-bond donors (Lipinski definition) is 1. The van der Waals surface area contributed by atoms with Gasteiger partial charge in [0.2, 0.25) is 0 Å². The lowest BCUT2D eigenvalue weighted by Crippen LogP contribution is -2.12. The lowest BCUT2D eigenvalue weighted by molar-refractivity contribution is 0.400. The molecule has 3 heteroatoms. The van der Waals surface area contributed by atoms with E-state index in [1.165, 1.54) is 0 Å². The molecule has 1 N–H and O–H groups in total. The van der Waals surface area contributed by atoms with Gasteiger partial charge in [0.05, 0.1) is 6.34 Å². The highest BCUT2D eigenvalue weighted by atomic mass is 15.0. The van der Waals surface area contributed by atoms with Crippen LogP contribution in [0.2, 0.25) is 0 Å². The largest absolute Gasteiger partial charge is 0.379 e. The molecule has 0 aromatic rings. The number of hydrogen-bond acceptors (Lipinski definition) is 2. The lowest BCUT2D eigenvalue weighted by atomic mass is 10.2. The molecule has 0 aliphatic rings. The number of rotatable bonds is 6. The van der Waals surface area contributed by atoms with Gasteiger partial charge in [0.15, 0.2) is 0 Å². The summed E-state index contributed by atoms with van der Waals surface area (Å²) in [6, 6.07) is 0. The van der Waals surface area contributed by atoms with Gasteiger partial charge in [-0.2, -0.15) is 0 Å². The Morgan fingerprint density at radius 3 is 2.75 bits per heavy atom. The zero-order valence-corrected chi connectivity index (χ0v) is 8.30. The monoisotopic (exact) mass is 169 g/mol. The average Bonchev–Trinajstić information content (AvgIpc) is 2.00. The van der Waals surface area contributed by atoms with E-state index in [0.717, 1.165) is 25.1 Å². The molecule has 12 heavy (non-hydrogen) atoms. The van der Waals surface area contributed by atoms with E-state index in [1.54, 1.807) is 6.34 Å². The Morgan fingerprint density at radius 1 is 1.58 bits per heavy atom. The van der Waals surface area contributed by atoms with Crippen molar-refractivity contribution in [3.8, 4) is 0 Å². The maximum Gasteiger partial charge on any atom is 0.0879 e. The van der Waals surface area contributed by atoms with Crippen LogP contribution in [0.5, 0.6) is 0 Å². The fourth-order valence-electron chi connectivity index (χ4n) is 0.820. The highest BCUT2D eigenvalue weighted by Crippen LogP contribution is 2.02. The molecule has 70 valence electrons. The first-order chi connectivity index (χ1) is 5.66. The molecular formula is C9H19N3. The third kappa shape index (κ3) is 7.28. The number of nitrogens with one attached hydrogen (secondary N) is 1. The predicted octanol–water partition coefficient (Wildman–Crippen LogP) is 1.09. The average molecular weight is 169 g/mol. The molecule has 0 aliphatic heterocycles. The quantitative estimate of drug-likeness (QED) is 0.476. The summed E-state index contributed by atoms with van der Waals surface area (Å²) in [5.41, 5.74) is 0.936. The van der Waals surface area contributed by atoms with Gasteiger partial charge in [-0.25, -0.2) is 4.99 Å². The standard InChI is InChI=1S/C9H19N3/c1-9(11-8-10-2)6-5-7-12(3)4/h8H,1,5-7H2,2-4H3,(H,10,11). The minimum absolute atomic E-state index is 0.936. The third-order valence-corrected chi connectivity index (χ3v) is 1.45. The van der Waals surface area contributed by atoms with Gasteiger partial charge in [0.1, 0.15) is 0 Å². The molecular weight excluding hydrogens is 150 g/mol. The summed E-state index contributed by atoms with van der Waals surface area (Å²) in [5, 5.41) is 2.83. The van der Waals surface area contributed by atoms with Crippen molar-refractivity contribution in [2.24, 2.45) is 4.99 Å². The predicted molar refractivity (Wildman–Crippen MR) is 54.5 cm³/mol. The van der Waals surface area contributed by atoms with Gasteiger partial charge in [-0.1, -0.05) is 6.58 Å². The molecule has 0 bridgehead atoms. The van der Waals surface area contributed by atoms with E-state index < -0.39 is 0 Å². The third-order valence-electron chi connectivity index (χ3n) is 1.45. The second-order valence-corrected chi connectivity index (χ2v) is 3.02. The molecule has 0 aliphatic carbocycles. The van der Waals surface area contributed by atoms with Crippen LogP contribution in [0.3, 0.4) is 0 Å². The molecule has 0 rings (SSSR count). The summed E-state index contributed by atoms with van der Waals surface area (Å²) in [6.07, 6.45) is 3.75. The SMILES string of the molecule is C=C(CCCN(C)C)/N=C\NC. The highest BCUT2D eigenvalue weighted by molar-refractivity contribution is 5.55.